The summed E-state index contributed by atoms with van der Waals surface area (Å²) >= 11 is 0. The van der Waals surface area contributed by atoms with Gasteiger partial charge in [0.1, 0.15) is 11.8 Å². The minimum absolute atomic E-state index is 0.0325. The third-order valence-electron chi connectivity index (χ3n) is 5.18. The van der Waals surface area contributed by atoms with E-state index < -0.39 is 0 Å². The van der Waals surface area contributed by atoms with Gasteiger partial charge in [-0.25, -0.2) is 4.79 Å². The third-order valence-corrected chi connectivity index (χ3v) is 5.18. The van der Waals surface area contributed by atoms with Crippen LogP contribution < -0.4 is 15.4 Å². The Morgan fingerprint density at radius 2 is 2.16 bits per heavy atom. The van der Waals surface area contributed by atoms with Gasteiger partial charge in [0, 0.05) is 18.2 Å². The van der Waals surface area contributed by atoms with Crippen molar-refractivity contribution in [3.05, 3.63) is 53.1 Å². The highest BCUT2D eigenvalue weighted by Gasteiger charge is 2.27. The molecular formula is C23H23N5O3. The van der Waals surface area contributed by atoms with Gasteiger partial charge in [-0.1, -0.05) is 23.4 Å². The SMILES string of the molecule is CNC(=O)N[C@H]1CCc2c(-c3noc(-c4ccc(OC(C)C)c(C#N)c4)n3)cccc21. The number of hydrogen-bond acceptors (Lipinski definition) is 6. The molecule has 4 rings (SSSR count). The molecule has 8 nitrogen and oxygen atoms in total. The topological polar surface area (TPSA) is 113 Å². The standard InChI is InChI=1S/C23H23N5O3/c1-13(2)30-20-10-7-14(11-15(20)12-24)22-27-21(28-31-22)18-6-4-5-17-16(18)8-9-19(17)26-23(29)25-3/h4-7,10-11,13,19H,8-9H2,1-3H3,(H2,25,26,29)/t19-/m0/s1. The van der Waals surface area contributed by atoms with Crippen molar-refractivity contribution >= 4 is 6.03 Å². The molecule has 0 spiro atoms. The zero-order chi connectivity index (χ0) is 22.0. The highest BCUT2D eigenvalue weighted by Crippen LogP contribution is 2.37. The fraction of sp³-hybridized carbons (Fsp3) is 0.304. The molecule has 3 aromatic rings. The van der Waals surface area contributed by atoms with Crippen molar-refractivity contribution in [1.29, 1.82) is 5.26 Å². The lowest BCUT2D eigenvalue weighted by Gasteiger charge is -2.14. The van der Waals surface area contributed by atoms with Gasteiger partial charge >= 0.3 is 6.03 Å². The van der Waals surface area contributed by atoms with Crippen LogP contribution in [0.1, 0.15) is 43.0 Å². The van der Waals surface area contributed by atoms with E-state index in [1.54, 1.807) is 25.2 Å². The van der Waals surface area contributed by atoms with E-state index in [1.807, 2.05) is 32.0 Å². The molecule has 1 heterocycles. The summed E-state index contributed by atoms with van der Waals surface area (Å²) in [4.78, 5) is 16.3. The number of carbonyl (C=O) groups is 1. The first kappa shape index (κ1) is 20.4. The van der Waals surface area contributed by atoms with E-state index in [-0.39, 0.29) is 18.2 Å². The van der Waals surface area contributed by atoms with Crippen LogP contribution in [0.15, 0.2) is 40.9 Å². The summed E-state index contributed by atoms with van der Waals surface area (Å²) in [5.41, 5.74) is 4.12. The van der Waals surface area contributed by atoms with Gasteiger partial charge in [0.2, 0.25) is 5.82 Å². The molecule has 1 aliphatic rings. The van der Waals surface area contributed by atoms with Crippen LogP contribution in [-0.4, -0.2) is 29.3 Å². The number of amides is 2. The van der Waals surface area contributed by atoms with Crippen molar-refractivity contribution in [2.24, 2.45) is 0 Å². The predicted molar refractivity (Wildman–Crippen MR) is 114 cm³/mol. The molecule has 2 aromatic carbocycles. The monoisotopic (exact) mass is 417 g/mol. The van der Waals surface area contributed by atoms with E-state index in [0.717, 1.165) is 29.5 Å². The molecule has 0 unspecified atom stereocenters. The van der Waals surface area contributed by atoms with Gasteiger partial charge in [-0.05, 0) is 56.0 Å². The van der Waals surface area contributed by atoms with Crippen molar-refractivity contribution in [1.82, 2.24) is 20.8 Å². The molecule has 2 N–H and O–H groups in total. The average molecular weight is 417 g/mol. The van der Waals surface area contributed by atoms with Crippen LogP contribution in [0.3, 0.4) is 0 Å². The zero-order valence-corrected chi connectivity index (χ0v) is 17.6. The highest BCUT2D eigenvalue weighted by molar-refractivity contribution is 5.75. The minimum atomic E-state index is -0.205. The molecule has 158 valence electrons. The van der Waals surface area contributed by atoms with Crippen molar-refractivity contribution in [3.63, 3.8) is 0 Å². The van der Waals surface area contributed by atoms with Gasteiger partial charge < -0.3 is 19.9 Å². The number of fused-ring (bicyclic) bond motifs is 1. The second-order valence-corrected chi connectivity index (χ2v) is 7.60. The molecule has 0 aliphatic heterocycles. The number of rotatable bonds is 5. The fourth-order valence-electron chi connectivity index (χ4n) is 3.80. The molecule has 31 heavy (non-hydrogen) atoms. The van der Waals surface area contributed by atoms with Crippen LogP contribution in [0.2, 0.25) is 0 Å². The van der Waals surface area contributed by atoms with E-state index in [1.165, 1.54) is 0 Å². The molecule has 0 fully saturated rings. The van der Waals surface area contributed by atoms with E-state index >= 15 is 0 Å². The van der Waals surface area contributed by atoms with E-state index in [9.17, 15) is 10.1 Å². The number of nitrogens with one attached hydrogen (secondary N) is 2. The number of nitriles is 1. The molecule has 0 radical (unpaired) electrons. The first-order valence-corrected chi connectivity index (χ1v) is 10.2. The highest BCUT2D eigenvalue weighted by atomic mass is 16.5. The summed E-state index contributed by atoms with van der Waals surface area (Å²) in [6.07, 6.45) is 1.59. The number of ether oxygens (including phenoxy) is 1. The molecule has 8 heteroatoms. The van der Waals surface area contributed by atoms with E-state index in [2.05, 4.69) is 26.8 Å². The lowest BCUT2D eigenvalue weighted by Crippen LogP contribution is -2.34. The first-order valence-electron chi connectivity index (χ1n) is 10.2. The van der Waals surface area contributed by atoms with Gasteiger partial charge in [-0.3, -0.25) is 0 Å². The van der Waals surface area contributed by atoms with Crippen LogP contribution in [0.25, 0.3) is 22.8 Å². The van der Waals surface area contributed by atoms with E-state index in [4.69, 9.17) is 9.26 Å². The second kappa shape index (κ2) is 8.48. The summed E-state index contributed by atoms with van der Waals surface area (Å²) in [6.45, 7) is 3.82. The second-order valence-electron chi connectivity index (χ2n) is 7.60. The molecule has 0 saturated heterocycles. The van der Waals surface area contributed by atoms with Crippen molar-refractivity contribution in [2.45, 2.75) is 38.8 Å². The normalized spacial score (nSPS) is 14.7. The van der Waals surface area contributed by atoms with Crippen molar-refractivity contribution < 1.29 is 14.1 Å². The average Bonchev–Trinajstić information content (AvgIpc) is 3.41. The number of nitrogens with zero attached hydrogens (tertiary/aromatic N) is 3. The maximum atomic E-state index is 11.7. The molecule has 1 atom stereocenters. The Labute approximate surface area is 180 Å². The van der Waals surface area contributed by atoms with Crippen LogP contribution in [0, 0.1) is 11.3 Å². The Morgan fingerprint density at radius 1 is 1.32 bits per heavy atom. The number of hydrogen-bond donors (Lipinski definition) is 2. The Kier molecular flexibility index (Phi) is 5.58. The molecule has 1 aliphatic carbocycles. The Balaban J connectivity index is 1.64. The van der Waals surface area contributed by atoms with Crippen LogP contribution in [0.4, 0.5) is 4.79 Å². The molecule has 0 saturated carbocycles. The van der Waals surface area contributed by atoms with Crippen molar-refractivity contribution in [3.8, 4) is 34.7 Å². The lowest BCUT2D eigenvalue weighted by molar-refractivity contribution is 0.239. The van der Waals surface area contributed by atoms with Gasteiger partial charge in [0.25, 0.3) is 5.89 Å². The van der Waals surface area contributed by atoms with Gasteiger partial charge in [0.15, 0.2) is 0 Å². The minimum Gasteiger partial charge on any atom is -0.490 e. The molecule has 0 bridgehead atoms. The summed E-state index contributed by atoms with van der Waals surface area (Å²) in [5.74, 6) is 1.34. The van der Waals surface area contributed by atoms with Gasteiger partial charge in [0.05, 0.1) is 17.7 Å². The van der Waals surface area contributed by atoms with Gasteiger partial charge in [-0.2, -0.15) is 10.2 Å². The fourth-order valence-corrected chi connectivity index (χ4v) is 3.80. The summed E-state index contributed by atoms with van der Waals surface area (Å²) in [5, 5.41) is 19.2. The predicted octanol–water partition coefficient (Wildman–Crippen LogP) is 3.98. The quantitative estimate of drug-likeness (QED) is 0.649. The Bertz CT molecular complexity index is 1160. The Morgan fingerprint density at radius 3 is 2.90 bits per heavy atom. The zero-order valence-electron chi connectivity index (χ0n) is 17.6. The molecular weight excluding hydrogens is 394 g/mol. The van der Waals surface area contributed by atoms with Crippen LogP contribution in [-0.2, 0) is 6.42 Å². The van der Waals surface area contributed by atoms with Crippen LogP contribution in [0.5, 0.6) is 5.75 Å². The Hall–Kier alpha value is -3.86. The number of urea groups is 1. The van der Waals surface area contributed by atoms with Gasteiger partial charge in [-0.15, -0.1) is 0 Å². The van der Waals surface area contributed by atoms with Crippen LogP contribution >= 0.6 is 0 Å². The maximum absolute atomic E-state index is 11.7. The largest absolute Gasteiger partial charge is 0.490 e. The summed E-state index contributed by atoms with van der Waals surface area (Å²) < 4.78 is 11.2. The molecule has 2 amide bonds. The maximum Gasteiger partial charge on any atom is 0.315 e. The summed E-state index contributed by atoms with van der Waals surface area (Å²) in [7, 11) is 1.60. The molecule has 1 aromatic heterocycles. The lowest BCUT2D eigenvalue weighted by atomic mass is 10.0. The van der Waals surface area contributed by atoms with E-state index in [0.29, 0.717) is 28.6 Å². The first-order chi connectivity index (χ1) is 15.0. The number of benzene rings is 2. The number of aromatic nitrogens is 2. The summed E-state index contributed by atoms with van der Waals surface area (Å²) in [6, 6.07) is 13.0. The smallest absolute Gasteiger partial charge is 0.315 e. The number of carbonyl (C=O) groups excluding carboxylic acids is 1. The van der Waals surface area contributed by atoms with Crippen molar-refractivity contribution in [2.75, 3.05) is 7.05 Å². The third kappa shape index (κ3) is 4.08.